The first-order valence-electron chi connectivity index (χ1n) is 6.78. The first kappa shape index (κ1) is 15.4. The zero-order valence-electron chi connectivity index (χ0n) is 11.7. The van der Waals surface area contributed by atoms with Crippen molar-refractivity contribution in [3.05, 3.63) is 23.9 Å². The topological polar surface area (TPSA) is 77.2 Å². The van der Waals surface area contributed by atoms with Crippen molar-refractivity contribution in [2.45, 2.75) is 45.7 Å². The van der Waals surface area contributed by atoms with E-state index in [0.717, 1.165) is 18.4 Å². The summed E-state index contributed by atoms with van der Waals surface area (Å²) in [6, 6.07) is 3.28. The van der Waals surface area contributed by atoms with E-state index in [9.17, 15) is 4.79 Å². The number of carbonyl (C=O) groups excluding carboxylic acids is 1. The molecule has 0 aliphatic heterocycles. The number of aromatic nitrogens is 1. The summed E-state index contributed by atoms with van der Waals surface area (Å²) in [5.41, 5.74) is 6.65. The maximum absolute atomic E-state index is 11.6. The van der Waals surface area contributed by atoms with Gasteiger partial charge in [0.2, 0.25) is 11.8 Å². The molecule has 1 heterocycles. The summed E-state index contributed by atoms with van der Waals surface area (Å²) in [7, 11) is 0. The largest absolute Gasteiger partial charge is 0.478 e. The summed E-state index contributed by atoms with van der Waals surface area (Å²) in [6.07, 6.45) is 4.26. The minimum absolute atomic E-state index is 0.117. The molecule has 0 spiro atoms. The number of nitrogens with two attached hydrogens (primary N) is 1. The number of rotatable bonds is 8. The molecule has 3 N–H and O–H groups in total. The second-order valence-electron chi connectivity index (χ2n) is 4.47. The van der Waals surface area contributed by atoms with E-state index in [1.54, 1.807) is 6.20 Å². The van der Waals surface area contributed by atoms with Crippen LogP contribution < -0.4 is 15.8 Å². The Morgan fingerprint density at radius 1 is 1.42 bits per heavy atom. The second kappa shape index (κ2) is 8.48. The number of amides is 1. The van der Waals surface area contributed by atoms with Crippen molar-refractivity contribution in [2.24, 2.45) is 5.73 Å². The Labute approximate surface area is 114 Å². The summed E-state index contributed by atoms with van der Waals surface area (Å²) in [5, 5.41) is 2.80. The highest BCUT2D eigenvalue weighted by molar-refractivity contribution is 5.81. The van der Waals surface area contributed by atoms with Gasteiger partial charge in [0.1, 0.15) is 0 Å². The number of hydrogen-bond donors (Lipinski definition) is 2. The van der Waals surface area contributed by atoms with Crippen LogP contribution in [0, 0.1) is 0 Å². The van der Waals surface area contributed by atoms with Crippen LogP contribution >= 0.6 is 0 Å². The van der Waals surface area contributed by atoms with Crippen LogP contribution in [-0.4, -0.2) is 23.5 Å². The standard InChI is InChI=1S/C14H23N3O2/c1-3-5-12(15)14(18)17-10-11-6-7-13(16-9-11)19-8-4-2/h6-7,9,12H,3-5,8,10,15H2,1-2H3,(H,17,18). The maximum atomic E-state index is 11.6. The van der Waals surface area contributed by atoms with Gasteiger partial charge in [-0.15, -0.1) is 0 Å². The van der Waals surface area contributed by atoms with Crippen LogP contribution in [0.3, 0.4) is 0 Å². The van der Waals surface area contributed by atoms with E-state index in [1.807, 2.05) is 26.0 Å². The molecule has 1 rings (SSSR count). The fraction of sp³-hybridized carbons (Fsp3) is 0.571. The van der Waals surface area contributed by atoms with E-state index in [1.165, 1.54) is 0 Å². The van der Waals surface area contributed by atoms with Crippen LogP contribution in [0.5, 0.6) is 5.88 Å². The van der Waals surface area contributed by atoms with E-state index in [4.69, 9.17) is 10.5 Å². The van der Waals surface area contributed by atoms with Crippen LogP contribution in [0.15, 0.2) is 18.3 Å². The highest BCUT2D eigenvalue weighted by atomic mass is 16.5. The second-order valence-corrected chi connectivity index (χ2v) is 4.47. The SMILES string of the molecule is CCCOc1ccc(CNC(=O)C(N)CCC)cn1. The van der Waals surface area contributed by atoms with E-state index in [2.05, 4.69) is 10.3 Å². The van der Waals surface area contributed by atoms with Gasteiger partial charge in [0, 0.05) is 18.8 Å². The fourth-order valence-electron chi connectivity index (χ4n) is 1.57. The summed E-state index contributed by atoms with van der Waals surface area (Å²) in [4.78, 5) is 15.8. The van der Waals surface area contributed by atoms with Gasteiger partial charge in [-0.05, 0) is 18.4 Å². The lowest BCUT2D eigenvalue weighted by atomic mass is 10.1. The van der Waals surface area contributed by atoms with Crippen LogP contribution in [0.4, 0.5) is 0 Å². The molecule has 5 heteroatoms. The Bertz CT molecular complexity index is 379. The van der Waals surface area contributed by atoms with E-state index in [-0.39, 0.29) is 5.91 Å². The molecule has 0 fully saturated rings. The van der Waals surface area contributed by atoms with Crippen molar-refractivity contribution in [3.8, 4) is 5.88 Å². The number of nitrogens with one attached hydrogen (secondary N) is 1. The molecule has 0 saturated heterocycles. The van der Waals surface area contributed by atoms with Crippen molar-refractivity contribution in [1.29, 1.82) is 0 Å². The number of ether oxygens (including phenoxy) is 1. The Morgan fingerprint density at radius 2 is 2.21 bits per heavy atom. The summed E-state index contributed by atoms with van der Waals surface area (Å²) >= 11 is 0. The van der Waals surface area contributed by atoms with Gasteiger partial charge in [-0.25, -0.2) is 4.98 Å². The van der Waals surface area contributed by atoms with Crippen LogP contribution in [0.2, 0.25) is 0 Å². The van der Waals surface area contributed by atoms with Crippen molar-refractivity contribution >= 4 is 5.91 Å². The summed E-state index contributed by atoms with van der Waals surface area (Å²) in [6.45, 7) is 5.15. The molecule has 0 aliphatic carbocycles. The average molecular weight is 265 g/mol. The van der Waals surface area contributed by atoms with E-state index in [0.29, 0.717) is 25.5 Å². The molecule has 1 aromatic rings. The molecule has 1 atom stereocenters. The molecule has 19 heavy (non-hydrogen) atoms. The van der Waals surface area contributed by atoms with Crippen molar-refractivity contribution in [2.75, 3.05) is 6.61 Å². The maximum Gasteiger partial charge on any atom is 0.237 e. The molecule has 0 aliphatic rings. The smallest absolute Gasteiger partial charge is 0.237 e. The Morgan fingerprint density at radius 3 is 2.79 bits per heavy atom. The van der Waals surface area contributed by atoms with E-state index >= 15 is 0 Å². The van der Waals surface area contributed by atoms with Gasteiger partial charge in [0.05, 0.1) is 12.6 Å². The van der Waals surface area contributed by atoms with Crippen molar-refractivity contribution in [1.82, 2.24) is 10.3 Å². The van der Waals surface area contributed by atoms with Gasteiger partial charge in [0.25, 0.3) is 0 Å². The van der Waals surface area contributed by atoms with E-state index < -0.39 is 6.04 Å². The molecule has 0 saturated carbocycles. The predicted octanol–water partition coefficient (Wildman–Crippen LogP) is 1.61. The molecular weight excluding hydrogens is 242 g/mol. The van der Waals surface area contributed by atoms with Crippen molar-refractivity contribution in [3.63, 3.8) is 0 Å². The molecule has 1 unspecified atom stereocenters. The number of nitrogens with zero attached hydrogens (tertiary/aromatic N) is 1. The van der Waals surface area contributed by atoms with Crippen LogP contribution in [0.25, 0.3) is 0 Å². The van der Waals surface area contributed by atoms with Crippen LogP contribution in [0.1, 0.15) is 38.7 Å². The summed E-state index contributed by atoms with van der Waals surface area (Å²) in [5.74, 6) is 0.493. The third-order valence-corrected chi connectivity index (χ3v) is 2.65. The van der Waals surface area contributed by atoms with Gasteiger partial charge in [-0.1, -0.05) is 26.3 Å². The molecule has 0 aromatic carbocycles. The normalized spacial score (nSPS) is 11.9. The molecule has 0 bridgehead atoms. The fourth-order valence-corrected chi connectivity index (χ4v) is 1.57. The lowest BCUT2D eigenvalue weighted by molar-refractivity contribution is -0.122. The Hall–Kier alpha value is -1.62. The lowest BCUT2D eigenvalue weighted by Gasteiger charge is -2.11. The quantitative estimate of drug-likeness (QED) is 0.748. The number of carbonyl (C=O) groups is 1. The molecule has 5 nitrogen and oxygen atoms in total. The van der Waals surface area contributed by atoms with Gasteiger partial charge in [-0.2, -0.15) is 0 Å². The molecule has 0 radical (unpaired) electrons. The lowest BCUT2D eigenvalue weighted by Crippen LogP contribution is -2.40. The molecule has 1 amide bonds. The predicted molar refractivity (Wildman–Crippen MR) is 74.8 cm³/mol. The molecule has 106 valence electrons. The highest BCUT2D eigenvalue weighted by Gasteiger charge is 2.11. The zero-order valence-corrected chi connectivity index (χ0v) is 11.7. The van der Waals surface area contributed by atoms with Crippen LogP contribution in [-0.2, 0) is 11.3 Å². The van der Waals surface area contributed by atoms with Gasteiger partial charge < -0.3 is 15.8 Å². The third-order valence-electron chi connectivity index (χ3n) is 2.65. The Balaban J connectivity index is 2.39. The van der Waals surface area contributed by atoms with Gasteiger partial charge in [-0.3, -0.25) is 4.79 Å². The Kier molecular flexibility index (Phi) is 6.89. The monoisotopic (exact) mass is 265 g/mol. The molecule has 1 aromatic heterocycles. The first-order valence-corrected chi connectivity index (χ1v) is 6.78. The summed E-state index contributed by atoms with van der Waals surface area (Å²) < 4.78 is 5.39. The first-order chi connectivity index (χ1) is 9.17. The minimum Gasteiger partial charge on any atom is -0.478 e. The van der Waals surface area contributed by atoms with Gasteiger partial charge >= 0.3 is 0 Å². The zero-order chi connectivity index (χ0) is 14.1. The van der Waals surface area contributed by atoms with Gasteiger partial charge in [0.15, 0.2) is 0 Å². The average Bonchev–Trinajstić information content (AvgIpc) is 2.43. The van der Waals surface area contributed by atoms with Crippen molar-refractivity contribution < 1.29 is 9.53 Å². The molecular formula is C14H23N3O2. The number of pyridine rings is 1. The minimum atomic E-state index is -0.426. The third kappa shape index (κ3) is 5.70. The highest BCUT2D eigenvalue weighted by Crippen LogP contribution is 2.07. The number of hydrogen-bond acceptors (Lipinski definition) is 4.